The summed E-state index contributed by atoms with van der Waals surface area (Å²) in [5, 5.41) is 0. The quantitative estimate of drug-likeness (QED) is 0.623. The minimum atomic E-state index is 1.08. The zero-order valence-electron chi connectivity index (χ0n) is 7.72. The largest absolute Gasteiger partial charge is 0.133 e. The second-order valence-corrected chi connectivity index (χ2v) is 3.48. The lowest BCUT2D eigenvalue weighted by Crippen LogP contribution is -1.90. The van der Waals surface area contributed by atoms with Gasteiger partial charge in [-0.25, -0.2) is 0 Å². The normalized spacial score (nSPS) is 10.2. The molecule has 0 fully saturated rings. The Morgan fingerprint density at radius 1 is 1.17 bits per heavy atom. The average molecular weight is 180 g/mol. The van der Waals surface area contributed by atoms with Crippen LogP contribution in [0.5, 0.6) is 0 Å². The molecule has 1 aromatic carbocycles. The highest BCUT2D eigenvalue weighted by atomic mass is 31.0. The topological polar surface area (TPSA) is 0 Å². The minimum Gasteiger partial charge on any atom is -0.133 e. The van der Waals surface area contributed by atoms with Crippen LogP contribution >= 0.6 is 9.24 Å². The van der Waals surface area contributed by atoms with E-state index in [4.69, 9.17) is 0 Å². The van der Waals surface area contributed by atoms with Gasteiger partial charge in [0.05, 0.1) is 0 Å². The molecule has 1 atom stereocenters. The van der Waals surface area contributed by atoms with Gasteiger partial charge in [-0.15, -0.1) is 9.24 Å². The minimum absolute atomic E-state index is 1.08. The number of unbranched alkanes of at least 4 members (excludes halogenated alkanes) is 1. The molecule has 0 saturated carbocycles. The van der Waals surface area contributed by atoms with Gasteiger partial charge in [-0.3, -0.25) is 0 Å². The number of rotatable bonds is 4. The molecule has 0 aliphatic heterocycles. The lowest BCUT2D eigenvalue weighted by atomic mass is 10.0. The number of aryl methyl sites for hydroxylation is 1. The van der Waals surface area contributed by atoms with Gasteiger partial charge in [0.2, 0.25) is 0 Å². The van der Waals surface area contributed by atoms with Crippen molar-refractivity contribution in [3.05, 3.63) is 35.4 Å². The van der Waals surface area contributed by atoms with E-state index < -0.39 is 0 Å². The van der Waals surface area contributed by atoms with Gasteiger partial charge < -0.3 is 0 Å². The summed E-state index contributed by atoms with van der Waals surface area (Å²) in [5.74, 6) is 0. The Labute approximate surface area is 77.6 Å². The molecule has 0 spiro atoms. The van der Waals surface area contributed by atoms with E-state index in [0.717, 1.165) is 6.16 Å². The summed E-state index contributed by atoms with van der Waals surface area (Å²) in [6, 6.07) is 8.72. The number of hydrogen-bond acceptors (Lipinski definition) is 0. The predicted octanol–water partition coefficient (Wildman–Crippen LogP) is 3.40. The highest BCUT2D eigenvalue weighted by molar-refractivity contribution is 7.15. The van der Waals surface area contributed by atoms with Gasteiger partial charge in [-0.05, 0) is 30.1 Å². The first-order chi connectivity index (χ1) is 5.88. The third-order valence-corrected chi connectivity index (χ3v) is 2.58. The molecular formula is C11H17P. The molecule has 0 heterocycles. The second-order valence-electron chi connectivity index (χ2n) is 3.08. The third kappa shape index (κ3) is 2.60. The smallest absolute Gasteiger partial charge is 0.0126 e. The van der Waals surface area contributed by atoms with E-state index in [1.165, 1.54) is 30.4 Å². The Balaban J connectivity index is 2.68. The molecule has 0 nitrogen and oxygen atoms in total. The van der Waals surface area contributed by atoms with Crippen LogP contribution in [-0.4, -0.2) is 0 Å². The predicted molar refractivity (Wildman–Crippen MR) is 58.5 cm³/mol. The summed E-state index contributed by atoms with van der Waals surface area (Å²) in [7, 11) is 2.79. The second kappa shape index (κ2) is 5.32. The molecule has 0 amide bonds. The fourth-order valence-corrected chi connectivity index (χ4v) is 1.77. The SMILES string of the molecule is CCCCc1ccccc1CP. The van der Waals surface area contributed by atoms with Gasteiger partial charge in [0, 0.05) is 0 Å². The lowest BCUT2D eigenvalue weighted by molar-refractivity contribution is 0.791. The van der Waals surface area contributed by atoms with E-state index in [2.05, 4.69) is 40.4 Å². The zero-order valence-corrected chi connectivity index (χ0v) is 8.87. The van der Waals surface area contributed by atoms with Gasteiger partial charge in [0.1, 0.15) is 0 Å². The molecule has 1 heteroatoms. The molecule has 0 N–H and O–H groups in total. The van der Waals surface area contributed by atoms with Crippen LogP contribution in [0.3, 0.4) is 0 Å². The molecule has 1 unspecified atom stereocenters. The van der Waals surface area contributed by atoms with Crippen LogP contribution in [0.2, 0.25) is 0 Å². The summed E-state index contributed by atoms with van der Waals surface area (Å²) in [5.41, 5.74) is 3.00. The van der Waals surface area contributed by atoms with Crippen LogP contribution in [-0.2, 0) is 12.6 Å². The van der Waals surface area contributed by atoms with Crippen molar-refractivity contribution in [2.75, 3.05) is 0 Å². The van der Waals surface area contributed by atoms with Gasteiger partial charge >= 0.3 is 0 Å². The monoisotopic (exact) mass is 180 g/mol. The maximum Gasteiger partial charge on any atom is -0.0126 e. The fraction of sp³-hybridized carbons (Fsp3) is 0.455. The average Bonchev–Trinajstić information content (AvgIpc) is 2.15. The summed E-state index contributed by atoms with van der Waals surface area (Å²) in [6.45, 7) is 2.24. The van der Waals surface area contributed by atoms with Crippen molar-refractivity contribution in [1.29, 1.82) is 0 Å². The van der Waals surface area contributed by atoms with Crippen molar-refractivity contribution in [2.24, 2.45) is 0 Å². The Kier molecular flexibility index (Phi) is 4.32. The molecule has 0 aliphatic carbocycles. The third-order valence-electron chi connectivity index (χ3n) is 2.14. The van der Waals surface area contributed by atoms with Crippen LogP contribution in [0.15, 0.2) is 24.3 Å². The molecular weight excluding hydrogens is 163 g/mol. The van der Waals surface area contributed by atoms with E-state index in [1.807, 2.05) is 0 Å². The van der Waals surface area contributed by atoms with Gasteiger partial charge in [-0.1, -0.05) is 37.6 Å². The van der Waals surface area contributed by atoms with Crippen molar-refractivity contribution in [3.63, 3.8) is 0 Å². The Hall–Kier alpha value is -0.350. The van der Waals surface area contributed by atoms with Crippen LogP contribution < -0.4 is 0 Å². The van der Waals surface area contributed by atoms with Crippen LogP contribution in [0.4, 0.5) is 0 Å². The van der Waals surface area contributed by atoms with Crippen LogP contribution in [0.25, 0.3) is 0 Å². The number of hydrogen-bond donors (Lipinski definition) is 0. The van der Waals surface area contributed by atoms with Crippen LogP contribution in [0.1, 0.15) is 30.9 Å². The van der Waals surface area contributed by atoms with Gasteiger partial charge in [-0.2, -0.15) is 0 Å². The van der Waals surface area contributed by atoms with Gasteiger partial charge in [0.15, 0.2) is 0 Å². The van der Waals surface area contributed by atoms with Crippen molar-refractivity contribution < 1.29 is 0 Å². The Bertz CT molecular complexity index is 230. The maximum atomic E-state index is 2.79. The molecule has 0 aromatic heterocycles. The lowest BCUT2D eigenvalue weighted by Gasteiger charge is -2.05. The Morgan fingerprint density at radius 3 is 2.42 bits per heavy atom. The van der Waals surface area contributed by atoms with E-state index in [9.17, 15) is 0 Å². The van der Waals surface area contributed by atoms with Crippen molar-refractivity contribution in [1.82, 2.24) is 0 Å². The van der Waals surface area contributed by atoms with Crippen molar-refractivity contribution in [2.45, 2.75) is 32.3 Å². The molecule has 0 aliphatic rings. The van der Waals surface area contributed by atoms with E-state index in [-0.39, 0.29) is 0 Å². The van der Waals surface area contributed by atoms with Crippen LogP contribution in [0, 0.1) is 0 Å². The summed E-state index contributed by atoms with van der Waals surface area (Å²) in [6.07, 6.45) is 4.91. The molecule has 12 heavy (non-hydrogen) atoms. The van der Waals surface area contributed by atoms with Gasteiger partial charge in [0.25, 0.3) is 0 Å². The standard InChI is InChI=1S/C11H17P/c1-2-3-6-10-7-4-5-8-11(10)9-12/h4-5,7-8H,2-3,6,9,12H2,1H3. The highest BCUT2D eigenvalue weighted by Gasteiger charge is 1.97. The summed E-state index contributed by atoms with van der Waals surface area (Å²) >= 11 is 0. The first-order valence-corrected chi connectivity index (χ1v) is 5.47. The summed E-state index contributed by atoms with van der Waals surface area (Å²) in [4.78, 5) is 0. The molecule has 1 rings (SSSR count). The van der Waals surface area contributed by atoms with Crippen molar-refractivity contribution in [3.8, 4) is 0 Å². The number of benzene rings is 1. The molecule has 0 saturated heterocycles. The molecule has 0 bridgehead atoms. The fourth-order valence-electron chi connectivity index (χ4n) is 1.37. The zero-order chi connectivity index (χ0) is 8.81. The van der Waals surface area contributed by atoms with E-state index in [0.29, 0.717) is 0 Å². The molecule has 66 valence electrons. The first-order valence-electron chi connectivity index (χ1n) is 4.65. The summed E-state index contributed by atoms with van der Waals surface area (Å²) < 4.78 is 0. The van der Waals surface area contributed by atoms with E-state index in [1.54, 1.807) is 0 Å². The Morgan fingerprint density at radius 2 is 1.83 bits per heavy atom. The van der Waals surface area contributed by atoms with E-state index >= 15 is 0 Å². The maximum absolute atomic E-state index is 2.79. The first kappa shape index (κ1) is 9.74. The molecule has 1 aromatic rings. The molecule has 0 radical (unpaired) electrons. The highest BCUT2D eigenvalue weighted by Crippen LogP contribution is 2.14. The van der Waals surface area contributed by atoms with Crippen molar-refractivity contribution >= 4 is 9.24 Å².